The fourth-order valence-corrected chi connectivity index (χ4v) is 4.85. The van der Waals surface area contributed by atoms with Crippen LogP contribution < -0.4 is 9.64 Å². The first-order valence-electron chi connectivity index (χ1n) is 9.89. The van der Waals surface area contributed by atoms with E-state index in [1.165, 1.54) is 4.90 Å². The topological polar surface area (TPSA) is 63.7 Å². The predicted molar refractivity (Wildman–Crippen MR) is 108 cm³/mol. The molecule has 2 aliphatic carbocycles. The second-order valence-electron chi connectivity index (χ2n) is 8.19. The number of anilines is 1. The highest BCUT2D eigenvalue weighted by atomic mass is 16.5. The molecule has 5 heteroatoms. The second kappa shape index (κ2) is 6.41. The third kappa shape index (κ3) is 2.72. The molecule has 0 radical (unpaired) electrons. The molecule has 0 N–H and O–H groups in total. The molecule has 1 saturated heterocycles. The van der Waals surface area contributed by atoms with Crippen molar-refractivity contribution in [2.75, 3.05) is 4.90 Å². The minimum absolute atomic E-state index is 0.123. The Balaban J connectivity index is 1.34. The van der Waals surface area contributed by atoms with E-state index < -0.39 is 5.97 Å². The molecule has 2 bridgehead atoms. The van der Waals surface area contributed by atoms with E-state index in [0.717, 1.165) is 17.5 Å². The van der Waals surface area contributed by atoms with Crippen molar-refractivity contribution < 1.29 is 19.1 Å². The van der Waals surface area contributed by atoms with Gasteiger partial charge in [-0.2, -0.15) is 0 Å². The number of imide groups is 1. The highest BCUT2D eigenvalue weighted by Crippen LogP contribution is 2.53. The number of hydrogen-bond donors (Lipinski definition) is 0. The number of rotatable bonds is 3. The Morgan fingerprint density at radius 1 is 0.897 bits per heavy atom. The van der Waals surface area contributed by atoms with Crippen molar-refractivity contribution in [2.45, 2.75) is 20.3 Å². The van der Waals surface area contributed by atoms with Crippen LogP contribution in [-0.2, 0) is 9.59 Å². The first-order valence-corrected chi connectivity index (χ1v) is 9.89. The van der Waals surface area contributed by atoms with Gasteiger partial charge in [0.15, 0.2) is 0 Å². The lowest BCUT2D eigenvalue weighted by atomic mass is 9.85. The maximum atomic E-state index is 12.9. The predicted octanol–water partition coefficient (Wildman–Crippen LogP) is 3.83. The highest BCUT2D eigenvalue weighted by Gasteiger charge is 2.59. The summed E-state index contributed by atoms with van der Waals surface area (Å²) in [6.07, 6.45) is 5.06. The quantitative estimate of drug-likeness (QED) is 0.347. The number of hydrogen-bond acceptors (Lipinski definition) is 4. The Morgan fingerprint density at radius 2 is 1.52 bits per heavy atom. The zero-order valence-corrected chi connectivity index (χ0v) is 16.3. The average molecular weight is 387 g/mol. The maximum Gasteiger partial charge on any atom is 0.343 e. The molecule has 2 amide bonds. The van der Waals surface area contributed by atoms with Crippen LogP contribution in [0.5, 0.6) is 5.75 Å². The van der Waals surface area contributed by atoms with Crippen molar-refractivity contribution in [3.63, 3.8) is 0 Å². The van der Waals surface area contributed by atoms with Crippen molar-refractivity contribution >= 4 is 23.5 Å². The van der Waals surface area contributed by atoms with E-state index in [1.807, 2.05) is 26.0 Å². The summed E-state index contributed by atoms with van der Waals surface area (Å²) in [6.45, 7) is 3.96. The van der Waals surface area contributed by atoms with Gasteiger partial charge < -0.3 is 4.74 Å². The number of ether oxygens (including phenoxy) is 1. The van der Waals surface area contributed by atoms with Crippen LogP contribution in [0.15, 0.2) is 54.6 Å². The Kier molecular flexibility index (Phi) is 3.95. The molecule has 5 nitrogen and oxygen atoms in total. The van der Waals surface area contributed by atoms with Crippen LogP contribution >= 0.6 is 0 Å². The number of aryl methyl sites for hydroxylation is 2. The summed E-state index contributed by atoms with van der Waals surface area (Å²) in [5, 5.41) is 0. The number of carbonyl (C=O) groups is 3. The van der Waals surface area contributed by atoms with E-state index in [1.54, 1.807) is 30.3 Å². The fourth-order valence-electron chi connectivity index (χ4n) is 4.85. The zero-order chi connectivity index (χ0) is 20.3. The van der Waals surface area contributed by atoms with Crippen molar-refractivity contribution in [3.05, 3.63) is 71.3 Å². The van der Waals surface area contributed by atoms with Gasteiger partial charge in [-0.15, -0.1) is 0 Å². The van der Waals surface area contributed by atoms with Gasteiger partial charge in [0.2, 0.25) is 11.8 Å². The lowest BCUT2D eigenvalue weighted by Crippen LogP contribution is -2.32. The summed E-state index contributed by atoms with van der Waals surface area (Å²) in [4.78, 5) is 39.5. The smallest absolute Gasteiger partial charge is 0.343 e. The van der Waals surface area contributed by atoms with Gasteiger partial charge in [0.25, 0.3) is 0 Å². The molecule has 0 spiro atoms. The molecular formula is C24H21NO4. The van der Waals surface area contributed by atoms with Crippen LogP contribution in [0.4, 0.5) is 5.69 Å². The fraction of sp³-hybridized carbons (Fsp3) is 0.292. The monoisotopic (exact) mass is 387 g/mol. The third-order valence-corrected chi connectivity index (χ3v) is 6.52. The minimum atomic E-state index is -0.474. The Bertz CT molecular complexity index is 1040. The van der Waals surface area contributed by atoms with E-state index in [0.29, 0.717) is 17.0 Å². The molecule has 1 aliphatic heterocycles. The molecule has 29 heavy (non-hydrogen) atoms. The van der Waals surface area contributed by atoms with Crippen LogP contribution in [0, 0.1) is 37.5 Å². The van der Waals surface area contributed by atoms with Crippen LogP contribution in [0.1, 0.15) is 27.9 Å². The van der Waals surface area contributed by atoms with Crippen molar-refractivity contribution in [3.8, 4) is 5.75 Å². The molecule has 2 aromatic carbocycles. The number of fused-ring (bicyclic) bond motifs is 5. The van der Waals surface area contributed by atoms with Gasteiger partial charge in [0, 0.05) is 0 Å². The number of amides is 2. The molecule has 0 unspecified atom stereocenters. The van der Waals surface area contributed by atoms with Gasteiger partial charge in [-0.1, -0.05) is 18.2 Å². The number of allylic oxidation sites excluding steroid dienone is 2. The number of esters is 1. The summed E-state index contributed by atoms with van der Waals surface area (Å²) in [5.41, 5.74) is 3.05. The molecule has 1 heterocycles. The van der Waals surface area contributed by atoms with Crippen LogP contribution in [0.3, 0.4) is 0 Å². The lowest BCUT2D eigenvalue weighted by Gasteiger charge is -2.17. The van der Waals surface area contributed by atoms with E-state index in [-0.39, 0.29) is 35.5 Å². The normalized spacial score (nSPS) is 26.9. The van der Waals surface area contributed by atoms with Gasteiger partial charge in [0.1, 0.15) is 5.75 Å². The Hall–Kier alpha value is -3.21. The van der Waals surface area contributed by atoms with Crippen molar-refractivity contribution in [1.29, 1.82) is 0 Å². The largest absolute Gasteiger partial charge is 0.423 e. The van der Waals surface area contributed by atoms with Crippen molar-refractivity contribution in [1.82, 2.24) is 0 Å². The Labute approximate surface area is 169 Å². The highest BCUT2D eigenvalue weighted by molar-refractivity contribution is 6.22. The van der Waals surface area contributed by atoms with E-state index in [4.69, 9.17) is 4.74 Å². The van der Waals surface area contributed by atoms with Gasteiger partial charge in [-0.25, -0.2) is 4.79 Å². The van der Waals surface area contributed by atoms with Crippen LogP contribution in [0.2, 0.25) is 0 Å². The van der Waals surface area contributed by atoms with Gasteiger partial charge in [0.05, 0.1) is 23.1 Å². The summed E-state index contributed by atoms with van der Waals surface area (Å²) >= 11 is 0. The van der Waals surface area contributed by atoms with Crippen LogP contribution in [0.25, 0.3) is 0 Å². The molecule has 1 saturated carbocycles. The second-order valence-corrected chi connectivity index (χ2v) is 8.19. The minimum Gasteiger partial charge on any atom is -0.423 e. The molecule has 2 fully saturated rings. The summed E-state index contributed by atoms with van der Waals surface area (Å²) in [7, 11) is 0. The summed E-state index contributed by atoms with van der Waals surface area (Å²) < 4.78 is 5.45. The molecule has 146 valence electrons. The number of carbonyl (C=O) groups excluding carboxylic acids is 3. The first-order chi connectivity index (χ1) is 13.9. The molecule has 3 aliphatic rings. The average Bonchev–Trinajstić information content (AvgIpc) is 3.39. The van der Waals surface area contributed by atoms with E-state index in [2.05, 4.69) is 12.2 Å². The SMILES string of the molecule is Cc1ccc(OC(=O)c2ccc(N3C(=O)[C@@H]4[C@H](C3=O)[C@@H]3C=C[C@@H]4C3)cc2)cc1C. The lowest BCUT2D eigenvalue weighted by molar-refractivity contribution is -0.123. The zero-order valence-electron chi connectivity index (χ0n) is 16.3. The van der Waals surface area contributed by atoms with Gasteiger partial charge in [-0.05, 0) is 79.6 Å². The third-order valence-electron chi connectivity index (χ3n) is 6.52. The molecular weight excluding hydrogens is 366 g/mol. The number of nitrogens with zero attached hydrogens (tertiary/aromatic N) is 1. The standard InChI is InChI=1S/C24H21NO4/c1-13-3-10-19(11-14(13)2)29-24(28)15-6-8-18(9-7-15)25-22(26)20-16-4-5-17(12-16)21(20)23(25)27/h3-11,16-17,20-21H,12H2,1-2H3/t16-,17-,20-,21+/m1/s1. The molecule has 2 aromatic rings. The summed E-state index contributed by atoms with van der Waals surface area (Å²) in [6, 6.07) is 12.0. The summed E-state index contributed by atoms with van der Waals surface area (Å²) in [5.74, 6) is -0.332. The van der Waals surface area contributed by atoms with E-state index in [9.17, 15) is 14.4 Å². The first kappa shape index (κ1) is 17.9. The maximum absolute atomic E-state index is 12.9. The van der Waals surface area contributed by atoms with Gasteiger partial charge >= 0.3 is 5.97 Å². The van der Waals surface area contributed by atoms with Crippen LogP contribution in [-0.4, -0.2) is 17.8 Å². The number of benzene rings is 2. The van der Waals surface area contributed by atoms with E-state index >= 15 is 0 Å². The van der Waals surface area contributed by atoms with Gasteiger partial charge in [-0.3, -0.25) is 14.5 Å². The van der Waals surface area contributed by atoms with Crippen molar-refractivity contribution in [2.24, 2.45) is 23.7 Å². The molecule has 4 atom stereocenters. The Morgan fingerprint density at radius 3 is 2.10 bits per heavy atom. The molecule has 5 rings (SSSR count). The molecule has 0 aromatic heterocycles.